The van der Waals surface area contributed by atoms with Crippen LogP contribution in [0.5, 0.6) is 0 Å². The molecule has 2 saturated heterocycles. The second kappa shape index (κ2) is 8.96. The Morgan fingerprint density at radius 2 is 1.84 bits per heavy atom. The lowest BCUT2D eigenvalue weighted by atomic mass is 10.1. The highest BCUT2D eigenvalue weighted by molar-refractivity contribution is 5.99. The fourth-order valence-electron chi connectivity index (χ4n) is 4.14. The van der Waals surface area contributed by atoms with Gasteiger partial charge in [0.2, 0.25) is 17.4 Å². The van der Waals surface area contributed by atoms with Crippen LogP contribution in [0.25, 0.3) is 0 Å². The molecule has 0 saturated carbocycles. The van der Waals surface area contributed by atoms with Gasteiger partial charge in [0.05, 0.1) is 5.56 Å². The first kappa shape index (κ1) is 21.8. The van der Waals surface area contributed by atoms with Crippen LogP contribution in [0.1, 0.15) is 23.2 Å². The van der Waals surface area contributed by atoms with E-state index in [9.17, 15) is 19.2 Å². The summed E-state index contributed by atoms with van der Waals surface area (Å²) in [6.45, 7) is 1.98. The molecule has 0 bridgehead atoms. The van der Waals surface area contributed by atoms with E-state index >= 15 is 0 Å². The molecular weight excluding hydrogens is 410 g/mol. The number of aryl methyl sites for hydroxylation is 1. The van der Waals surface area contributed by atoms with Gasteiger partial charge in [-0.2, -0.15) is 0 Å². The van der Waals surface area contributed by atoms with Crippen molar-refractivity contribution in [1.29, 1.82) is 0 Å². The maximum atomic E-state index is 13.1. The number of hydrogen-bond acceptors (Lipinski definition) is 5. The summed E-state index contributed by atoms with van der Waals surface area (Å²) in [5, 5.41) is 2.93. The number of nitrogens with zero attached hydrogens (tertiary/aromatic N) is 4. The molecule has 0 spiro atoms. The number of anilines is 2. The highest BCUT2D eigenvalue weighted by atomic mass is 16.2. The van der Waals surface area contributed by atoms with Gasteiger partial charge < -0.3 is 19.7 Å². The van der Waals surface area contributed by atoms with Gasteiger partial charge in [-0.15, -0.1) is 0 Å². The summed E-state index contributed by atoms with van der Waals surface area (Å²) < 4.78 is 1.37. The zero-order valence-corrected chi connectivity index (χ0v) is 18.3. The Bertz CT molecular complexity index is 1110. The third-order valence-corrected chi connectivity index (χ3v) is 6.07. The first-order chi connectivity index (χ1) is 15.3. The number of likely N-dealkylation sites (N-methyl/N-ethyl adjacent to an activating group) is 1. The van der Waals surface area contributed by atoms with E-state index < -0.39 is 6.04 Å². The number of pyridine rings is 1. The molecular formula is C23H27N5O4. The molecule has 1 atom stereocenters. The quantitative estimate of drug-likeness (QED) is 0.767. The number of aromatic nitrogens is 1. The normalized spacial score (nSPS) is 19.3. The summed E-state index contributed by atoms with van der Waals surface area (Å²) >= 11 is 0. The van der Waals surface area contributed by atoms with Crippen LogP contribution >= 0.6 is 0 Å². The number of hydrogen-bond donors (Lipinski definition) is 1. The van der Waals surface area contributed by atoms with Crippen molar-refractivity contribution in [3.05, 3.63) is 58.5 Å². The molecule has 0 aliphatic carbocycles. The lowest BCUT2D eigenvalue weighted by Gasteiger charge is -2.38. The van der Waals surface area contributed by atoms with E-state index in [-0.39, 0.29) is 29.8 Å². The Hall–Kier alpha value is -3.46. The Morgan fingerprint density at radius 3 is 2.56 bits per heavy atom. The van der Waals surface area contributed by atoms with Gasteiger partial charge in [-0.3, -0.25) is 24.1 Å². The molecule has 32 heavy (non-hydrogen) atoms. The Balaban J connectivity index is 1.46. The van der Waals surface area contributed by atoms with Gasteiger partial charge in [-0.05, 0) is 37.7 Å². The van der Waals surface area contributed by atoms with Crippen LogP contribution in [-0.2, 0) is 16.6 Å². The molecule has 9 nitrogen and oxygen atoms in total. The second-order valence-electron chi connectivity index (χ2n) is 8.30. The number of nitrogens with one attached hydrogen (secondary N) is 1. The van der Waals surface area contributed by atoms with Crippen LogP contribution in [0, 0.1) is 0 Å². The minimum Gasteiger partial charge on any atom is -0.335 e. The van der Waals surface area contributed by atoms with Crippen LogP contribution < -0.4 is 15.8 Å². The molecule has 3 heterocycles. The minimum atomic E-state index is -0.516. The predicted molar refractivity (Wildman–Crippen MR) is 121 cm³/mol. The molecule has 0 radical (unpaired) electrons. The molecule has 2 aliphatic heterocycles. The smallest absolute Gasteiger partial charge is 0.255 e. The first-order valence-corrected chi connectivity index (χ1v) is 10.7. The zero-order valence-electron chi connectivity index (χ0n) is 18.3. The second-order valence-corrected chi connectivity index (χ2v) is 8.30. The van der Waals surface area contributed by atoms with Gasteiger partial charge in [0, 0.05) is 63.3 Å². The maximum Gasteiger partial charge on any atom is 0.255 e. The number of carbonyl (C=O) groups is 3. The van der Waals surface area contributed by atoms with E-state index in [1.54, 1.807) is 29.0 Å². The van der Waals surface area contributed by atoms with Gasteiger partial charge >= 0.3 is 0 Å². The van der Waals surface area contributed by atoms with E-state index in [2.05, 4.69) is 5.32 Å². The lowest BCUT2D eigenvalue weighted by Crippen LogP contribution is -2.57. The average molecular weight is 438 g/mol. The van der Waals surface area contributed by atoms with Crippen LogP contribution in [-0.4, -0.2) is 71.4 Å². The van der Waals surface area contributed by atoms with Crippen molar-refractivity contribution in [2.24, 2.45) is 7.05 Å². The summed E-state index contributed by atoms with van der Waals surface area (Å²) in [7, 11) is 3.46. The average Bonchev–Trinajstić information content (AvgIpc) is 3.21. The van der Waals surface area contributed by atoms with Gasteiger partial charge in [0.15, 0.2) is 0 Å². The number of benzene rings is 1. The Labute approximate surface area is 186 Å². The van der Waals surface area contributed by atoms with Crippen molar-refractivity contribution < 1.29 is 14.4 Å². The fraction of sp³-hybridized carbons (Fsp3) is 0.391. The van der Waals surface area contributed by atoms with Crippen molar-refractivity contribution >= 4 is 29.1 Å². The maximum absolute atomic E-state index is 13.1. The lowest BCUT2D eigenvalue weighted by molar-refractivity contribution is -0.122. The van der Waals surface area contributed by atoms with Gasteiger partial charge in [-0.25, -0.2) is 0 Å². The highest BCUT2D eigenvalue weighted by Crippen LogP contribution is 2.24. The highest BCUT2D eigenvalue weighted by Gasteiger charge is 2.33. The molecule has 2 fully saturated rings. The topological polar surface area (TPSA) is 95.0 Å². The van der Waals surface area contributed by atoms with Crippen LogP contribution in [0.2, 0.25) is 0 Å². The largest absolute Gasteiger partial charge is 0.335 e. The monoisotopic (exact) mass is 437 g/mol. The van der Waals surface area contributed by atoms with Crippen molar-refractivity contribution in [3.63, 3.8) is 0 Å². The summed E-state index contributed by atoms with van der Waals surface area (Å²) in [6, 6.07) is 9.64. The molecule has 168 valence electrons. The summed E-state index contributed by atoms with van der Waals surface area (Å²) in [4.78, 5) is 54.9. The van der Waals surface area contributed by atoms with Gasteiger partial charge in [0.25, 0.3) is 5.91 Å². The van der Waals surface area contributed by atoms with Gasteiger partial charge in [-0.1, -0.05) is 6.07 Å². The SMILES string of the molecule is CN1CCN(C(=O)c2ccc(=O)n(C)c2)C[C@H]1C(=O)Nc1cccc(N2CCCC2=O)c1. The van der Waals surface area contributed by atoms with E-state index in [4.69, 9.17) is 0 Å². The summed E-state index contributed by atoms with van der Waals surface area (Å²) in [6.07, 6.45) is 2.90. The zero-order chi connectivity index (χ0) is 22.8. The molecule has 1 aromatic carbocycles. The number of carbonyl (C=O) groups excluding carboxylic acids is 3. The summed E-state index contributed by atoms with van der Waals surface area (Å²) in [5.41, 5.74) is 1.62. The Morgan fingerprint density at radius 1 is 1.03 bits per heavy atom. The third-order valence-electron chi connectivity index (χ3n) is 6.07. The first-order valence-electron chi connectivity index (χ1n) is 10.7. The van der Waals surface area contributed by atoms with E-state index in [0.29, 0.717) is 37.3 Å². The molecule has 2 aromatic rings. The minimum absolute atomic E-state index is 0.0908. The molecule has 1 aromatic heterocycles. The number of rotatable bonds is 4. The molecule has 2 aliphatic rings. The number of amides is 3. The molecule has 1 N–H and O–H groups in total. The van der Waals surface area contributed by atoms with Crippen molar-refractivity contribution in [2.75, 3.05) is 43.4 Å². The molecule has 0 unspecified atom stereocenters. The summed E-state index contributed by atoms with van der Waals surface area (Å²) in [5.74, 6) is -0.329. The van der Waals surface area contributed by atoms with Crippen LogP contribution in [0.3, 0.4) is 0 Å². The molecule has 3 amide bonds. The van der Waals surface area contributed by atoms with Crippen molar-refractivity contribution in [1.82, 2.24) is 14.4 Å². The Kier molecular flexibility index (Phi) is 6.09. The fourth-order valence-corrected chi connectivity index (χ4v) is 4.14. The van der Waals surface area contributed by atoms with Gasteiger partial charge in [0.1, 0.15) is 6.04 Å². The molecule has 9 heteroatoms. The number of piperazine rings is 1. The van der Waals surface area contributed by atoms with E-state index in [1.165, 1.54) is 22.9 Å². The van der Waals surface area contributed by atoms with Crippen LogP contribution in [0.4, 0.5) is 11.4 Å². The van der Waals surface area contributed by atoms with Crippen molar-refractivity contribution in [2.45, 2.75) is 18.9 Å². The van der Waals surface area contributed by atoms with E-state index in [1.807, 2.05) is 24.1 Å². The van der Waals surface area contributed by atoms with Crippen molar-refractivity contribution in [3.8, 4) is 0 Å². The third kappa shape index (κ3) is 4.43. The standard InChI is InChI=1S/C23H27N5O4/c1-25-11-12-27(23(32)16-8-9-20(29)26(2)14-16)15-19(25)22(31)24-17-5-3-6-18(13-17)28-10-4-7-21(28)30/h3,5-6,8-9,13-14,19H,4,7,10-12,15H2,1-2H3,(H,24,31)/t19-/m0/s1. The molecule has 4 rings (SSSR count). The predicted octanol–water partition coefficient (Wildman–Crippen LogP) is 0.907. The van der Waals surface area contributed by atoms with Crippen LogP contribution in [0.15, 0.2) is 47.4 Å². The van der Waals surface area contributed by atoms with E-state index in [0.717, 1.165) is 12.1 Å².